The first-order valence-corrected chi connectivity index (χ1v) is 7.17. The van der Waals surface area contributed by atoms with Crippen molar-refractivity contribution in [1.82, 2.24) is 10.2 Å². The Morgan fingerprint density at radius 3 is 2.50 bits per heavy atom. The average Bonchev–Trinajstić information content (AvgIpc) is 3.01. The fourth-order valence-electron chi connectivity index (χ4n) is 1.69. The molecule has 0 amide bonds. The van der Waals surface area contributed by atoms with Crippen molar-refractivity contribution in [3.05, 3.63) is 41.1 Å². The highest BCUT2D eigenvalue weighted by atomic mass is 32.1. The first-order chi connectivity index (χ1) is 11.4. The van der Waals surface area contributed by atoms with E-state index < -0.39 is 17.2 Å². The van der Waals surface area contributed by atoms with Gasteiger partial charge in [-0.1, -0.05) is 34.6 Å². The van der Waals surface area contributed by atoms with Gasteiger partial charge in [0.2, 0.25) is 5.01 Å². The summed E-state index contributed by atoms with van der Waals surface area (Å²) in [5, 5.41) is 4.94. The number of nitrogens with zero attached hydrogens (tertiary/aromatic N) is 2. The summed E-state index contributed by atoms with van der Waals surface area (Å²) in [5.41, 5.74) is 0.311. The minimum Gasteiger partial charge on any atom is -0.503 e. The van der Waals surface area contributed by atoms with Gasteiger partial charge in [-0.05, 0) is 6.07 Å². The lowest BCUT2D eigenvalue weighted by Crippen LogP contribution is -2.05. The van der Waals surface area contributed by atoms with Crippen molar-refractivity contribution < 1.29 is 32.2 Å². The van der Waals surface area contributed by atoms with Gasteiger partial charge in [-0.3, -0.25) is 0 Å². The molecule has 128 valence electrons. The molecule has 1 aromatic carbocycles. The highest BCUT2D eigenvalue weighted by Crippen LogP contribution is 2.37. The predicted molar refractivity (Wildman–Crippen MR) is 78.4 cm³/mol. The molecule has 0 bridgehead atoms. The van der Waals surface area contributed by atoms with Crippen molar-refractivity contribution in [2.24, 2.45) is 0 Å². The standard InChI is InChI=1S/C14H11F3N2O4S/c1-21-7-9(11(20)22-2)8-5-3-4-6-10(8)23-13-19-18-12(24-13)14(15,16)17/h3-7H,1-2H3/b9-7+. The summed E-state index contributed by atoms with van der Waals surface area (Å²) in [5.74, 6) is -0.586. The molecule has 2 rings (SSSR count). The first-order valence-electron chi connectivity index (χ1n) is 6.36. The molecule has 0 unspecified atom stereocenters. The van der Waals surface area contributed by atoms with Gasteiger partial charge in [0, 0.05) is 5.56 Å². The number of carbonyl (C=O) groups is 1. The molecular formula is C14H11F3N2O4S. The number of halogens is 3. The van der Waals surface area contributed by atoms with Crippen molar-refractivity contribution >= 4 is 22.9 Å². The minimum atomic E-state index is -4.61. The zero-order chi connectivity index (χ0) is 17.7. The molecule has 0 atom stereocenters. The van der Waals surface area contributed by atoms with Crippen LogP contribution in [0.15, 0.2) is 30.5 Å². The second-order valence-corrected chi connectivity index (χ2v) is 5.17. The molecular weight excluding hydrogens is 349 g/mol. The fraction of sp³-hybridized carbons (Fsp3) is 0.214. The van der Waals surface area contributed by atoms with E-state index in [9.17, 15) is 18.0 Å². The molecule has 1 heterocycles. The molecule has 0 aliphatic rings. The van der Waals surface area contributed by atoms with Crippen LogP contribution in [-0.2, 0) is 20.4 Å². The van der Waals surface area contributed by atoms with Gasteiger partial charge in [-0.15, -0.1) is 5.10 Å². The summed E-state index contributed by atoms with van der Waals surface area (Å²) in [6.45, 7) is 0. The molecule has 0 aliphatic heterocycles. The van der Waals surface area contributed by atoms with Gasteiger partial charge in [-0.2, -0.15) is 13.2 Å². The Morgan fingerprint density at radius 1 is 1.21 bits per heavy atom. The Bertz CT molecular complexity index is 758. The molecule has 10 heteroatoms. The van der Waals surface area contributed by atoms with Gasteiger partial charge in [0.25, 0.3) is 5.19 Å². The zero-order valence-corrected chi connectivity index (χ0v) is 13.3. The molecule has 0 aliphatic carbocycles. The van der Waals surface area contributed by atoms with E-state index in [1.165, 1.54) is 26.4 Å². The third-order valence-electron chi connectivity index (χ3n) is 2.66. The van der Waals surface area contributed by atoms with E-state index in [1.807, 2.05) is 0 Å². The number of rotatable bonds is 5. The second-order valence-electron chi connectivity index (χ2n) is 4.23. The Kier molecular flexibility index (Phi) is 5.39. The van der Waals surface area contributed by atoms with Crippen molar-refractivity contribution in [2.45, 2.75) is 6.18 Å². The van der Waals surface area contributed by atoms with E-state index in [2.05, 4.69) is 14.9 Å². The number of methoxy groups -OCH3 is 2. The lowest BCUT2D eigenvalue weighted by atomic mass is 10.1. The van der Waals surface area contributed by atoms with Crippen molar-refractivity contribution in [1.29, 1.82) is 0 Å². The van der Waals surface area contributed by atoms with E-state index >= 15 is 0 Å². The van der Waals surface area contributed by atoms with Crippen molar-refractivity contribution in [2.75, 3.05) is 14.2 Å². The summed E-state index contributed by atoms with van der Waals surface area (Å²) in [7, 11) is 2.53. The molecule has 6 nitrogen and oxygen atoms in total. The van der Waals surface area contributed by atoms with Gasteiger partial charge in [0.05, 0.1) is 20.5 Å². The monoisotopic (exact) mass is 360 g/mol. The van der Waals surface area contributed by atoms with Crippen LogP contribution in [0.25, 0.3) is 5.57 Å². The maximum absolute atomic E-state index is 12.6. The lowest BCUT2D eigenvalue weighted by molar-refractivity contribution is -0.138. The number of hydrogen-bond donors (Lipinski definition) is 0. The SMILES string of the molecule is CO/C=C(/C(=O)OC)c1ccccc1Oc1nnc(C(F)(F)F)s1. The number of para-hydroxylation sites is 1. The minimum absolute atomic E-state index is 0.0381. The molecule has 1 aromatic heterocycles. The smallest absolute Gasteiger partial charge is 0.445 e. The highest BCUT2D eigenvalue weighted by molar-refractivity contribution is 7.13. The predicted octanol–water partition coefficient (Wildman–Crippen LogP) is 3.51. The van der Waals surface area contributed by atoms with Crippen LogP contribution < -0.4 is 4.74 Å². The van der Waals surface area contributed by atoms with Crippen LogP contribution in [0.2, 0.25) is 0 Å². The first kappa shape index (κ1) is 17.7. The topological polar surface area (TPSA) is 70.5 Å². The highest BCUT2D eigenvalue weighted by Gasteiger charge is 2.36. The van der Waals surface area contributed by atoms with E-state index in [0.29, 0.717) is 0 Å². The molecule has 0 saturated carbocycles. The maximum Gasteiger partial charge on any atom is 0.445 e. The molecule has 0 saturated heterocycles. The second kappa shape index (κ2) is 7.30. The third kappa shape index (κ3) is 4.02. The summed E-state index contributed by atoms with van der Waals surface area (Å²) in [6.07, 6.45) is -3.46. The Morgan fingerprint density at radius 2 is 1.92 bits per heavy atom. The van der Waals surface area contributed by atoms with Crippen LogP contribution in [0.5, 0.6) is 10.9 Å². The fourth-order valence-corrected chi connectivity index (χ4v) is 2.26. The molecule has 0 N–H and O–H groups in total. The number of aromatic nitrogens is 2. The summed E-state index contributed by atoms with van der Waals surface area (Å²) in [4.78, 5) is 11.8. The number of benzene rings is 1. The quantitative estimate of drug-likeness (QED) is 0.462. The van der Waals surface area contributed by atoms with E-state index in [-0.39, 0.29) is 33.4 Å². The normalized spacial score (nSPS) is 12.0. The van der Waals surface area contributed by atoms with Crippen LogP contribution in [0.1, 0.15) is 10.6 Å². The van der Waals surface area contributed by atoms with Crippen LogP contribution in [0, 0.1) is 0 Å². The largest absolute Gasteiger partial charge is 0.503 e. The maximum atomic E-state index is 12.6. The Hall–Kier alpha value is -2.62. The molecule has 2 aromatic rings. The number of ether oxygens (including phenoxy) is 3. The van der Waals surface area contributed by atoms with Gasteiger partial charge in [0.15, 0.2) is 0 Å². The third-order valence-corrected chi connectivity index (χ3v) is 3.51. The Labute approximate surface area is 138 Å². The molecule has 0 spiro atoms. The number of esters is 1. The van der Waals surface area contributed by atoms with Gasteiger partial charge in [0.1, 0.15) is 11.3 Å². The van der Waals surface area contributed by atoms with Gasteiger partial charge in [-0.25, -0.2) is 4.79 Å². The number of alkyl halides is 3. The summed E-state index contributed by atoms with van der Waals surface area (Å²) < 4.78 is 52.5. The van der Waals surface area contributed by atoms with E-state index in [1.54, 1.807) is 12.1 Å². The molecule has 0 fully saturated rings. The number of hydrogen-bond acceptors (Lipinski definition) is 7. The van der Waals surface area contributed by atoms with E-state index in [0.717, 1.165) is 6.26 Å². The van der Waals surface area contributed by atoms with Crippen LogP contribution >= 0.6 is 11.3 Å². The average molecular weight is 360 g/mol. The van der Waals surface area contributed by atoms with Crippen LogP contribution in [0.4, 0.5) is 13.2 Å². The summed E-state index contributed by atoms with van der Waals surface area (Å²) >= 11 is 0.246. The van der Waals surface area contributed by atoms with Crippen LogP contribution in [-0.4, -0.2) is 30.4 Å². The number of carbonyl (C=O) groups excluding carboxylic acids is 1. The van der Waals surface area contributed by atoms with Crippen molar-refractivity contribution in [3.63, 3.8) is 0 Å². The van der Waals surface area contributed by atoms with E-state index in [4.69, 9.17) is 9.47 Å². The Balaban J connectivity index is 2.37. The zero-order valence-electron chi connectivity index (χ0n) is 12.5. The lowest BCUT2D eigenvalue weighted by Gasteiger charge is -2.10. The van der Waals surface area contributed by atoms with Gasteiger partial charge >= 0.3 is 12.1 Å². The molecule has 0 radical (unpaired) electrons. The molecule has 24 heavy (non-hydrogen) atoms. The van der Waals surface area contributed by atoms with Crippen molar-refractivity contribution in [3.8, 4) is 10.9 Å². The van der Waals surface area contributed by atoms with Crippen LogP contribution in [0.3, 0.4) is 0 Å². The van der Waals surface area contributed by atoms with Gasteiger partial charge < -0.3 is 14.2 Å². The summed E-state index contributed by atoms with van der Waals surface area (Å²) in [6, 6.07) is 6.21.